The topological polar surface area (TPSA) is 23.8 Å². The monoisotopic (exact) mass is 281 g/mol. The highest BCUT2D eigenvalue weighted by Crippen LogP contribution is 2.42. The fourth-order valence-corrected chi connectivity index (χ4v) is 3.32. The Morgan fingerprint density at radius 1 is 1.22 bits per heavy atom. The number of hydrogen-bond donors (Lipinski definition) is 0. The van der Waals surface area contributed by atoms with Crippen molar-refractivity contribution in [1.82, 2.24) is 0 Å². The van der Waals surface area contributed by atoms with E-state index in [1.165, 1.54) is 18.4 Å². The Bertz CT molecular complexity index is 464. The first-order chi connectivity index (χ1) is 8.63. The second-order valence-corrected chi connectivity index (χ2v) is 5.96. The highest BCUT2D eigenvalue weighted by molar-refractivity contribution is 6.42. The second kappa shape index (κ2) is 5.95. The van der Waals surface area contributed by atoms with E-state index in [2.05, 4.69) is 12.1 Å². The number of rotatable bonds is 2. The highest BCUT2D eigenvalue weighted by Gasteiger charge is 2.30. The summed E-state index contributed by atoms with van der Waals surface area (Å²) in [4.78, 5) is 0. The Labute approximate surface area is 119 Å². The average Bonchev–Trinajstić information content (AvgIpc) is 2.41. The van der Waals surface area contributed by atoms with Gasteiger partial charge in [0.1, 0.15) is 0 Å². The predicted molar refractivity (Wildman–Crippen MR) is 75.9 cm³/mol. The average molecular weight is 282 g/mol. The van der Waals surface area contributed by atoms with Crippen LogP contribution in [0, 0.1) is 23.2 Å². The smallest absolute Gasteiger partial charge is 0.0656 e. The molecule has 18 heavy (non-hydrogen) atoms. The van der Waals surface area contributed by atoms with Crippen LogP contribution in [0.1, 0.15) is 44.1 Å². The Hall–Kier alpha value is -0.710. The molecular formula is C15H17Cl2N. The van der Waals surface area contributed by atoms with Crippen LogP contribution in [0.4, 0.5) is 0 Å². The molecule has 1 aromatic carbocycles. The van der Waals surface area contributed by atoms with Crippen molar-refractivity contribution < 1.29 is 0 Å². The van der Waals surface area contributed by atoms with Gasteiger partial charge >= 0.3 is 0 Å². The van der Waals surface area contributed by atoms with Crippen LogP contribution in [-0.2, 0) is 0 Å². The van der Waals surface area contributed by atoms with E-state index in [-0.39, 0.29) is 5.92 Å². The molecule has 0 N–H and O–H groups in total. The van der Waals surface area contributed by atoms with E-state index in [0.717, 1.165) is 12.8 Å². The van der Waals surface area contributed by atoms with Gasteiger partial charge in [-0.2, -0.15) is 5.26 Å². The van der Waals surface area contributed by atoms with Crippen LogP contribution >= 0.6 is 23.2 Å². The molecule has 3 unspecified atom stereocenters. The molecule has 1 fully saturated rings. The first-order valence-electron chi connectivity index (χ1n) is 6.48. The lowest BCUT2D eigenvalue weighted by molar-refractivity contribution is 0.260. The van der Waals surface area contributed by atoms with E-state index in [9.17, 15) is 0 Å². The molecule has 3 atom stereocenters. The van der Waals surface area contributed by atoms with Crippen LogP contribution in [0.25, 0.3) is 0 Å². The molecule has 1 nitrogen and oxygen atoms in total. The van der Waals surface area contributed by atoms with Gasteiger partial charge in [0.15, 0.2) is 0 Å². The first-order valence-corrected chi connectivity index (χ1v) is 7.23. The van der Waals surface area contributed by atoms with E-state index in [4.69, 9.17) is 28.5 Å². The summed E-state index contributed by atoms with van der Waals surface area (Å²) in [6.07, 6.45) is 4.75. The molecule has 1 aromatic rings. The largest absolute Gasteiger partial charge is 0.198 e. The van der Waals surface area contributed by atoms with Gasteiger partial charge in [0, 0.05) is 5.92 Å². The zero-order valence-electron chi connectivity index (χ0n) is 10.5. The Balaban J connectivity index is 2.28. The van der Waals surface area contributed by atoms with Crippen molar-refractivity contribution in [3.63, 3.8) is 0 Å². The fraction of sp³-hybridized carbons (Fsp3) is 0.533. The van der Waals surface area contributed by atoms with Gasteiger partial charge in [0.2, 0.25) is 0 Å². The normalized spacial score (nSPS) is 25.4. The molecule has 0 aliphatic heterocycles. The highest BCUT2D eigenvalue weighted by atomic mass is 35.5. The third-order valence-electron chi connectivity index (χ3n) is 4.04. The summed E-state index contributed by atoms with van der Waals surface area (Å²) in [6, 6.07) is 8.29. The summed E-state index contributed by atoms with van der Waals surface area (Å²) in [5, 5.41) is 10.4. The van der Waals surface area contributed by atoms with E-state index >= 15 is 0 Å². The molecule has 1 aliphatic rings. The zero-order valence-corrected chi connectivity index (χ0v) is 12.0. The molecule has 0 aromatic heterocycles. The molecule has 0 saturated heterocycles. The van der Waals surface area contributed by atoms with Crippen molar-refractivity contribution in [2.45, 2.75) is 38.5 Å². The summed E-state index contributed by atoms with van der Waals surface area (Å²) in [6.45, 7) is 2.03. The lowest BCUT2D eigenvalue weighted by Gasteiger charge is -2.33. The van der Waals surface area contributed by atoms with Crippen molar-refractivity contribution in [2.24, 2.45) is 11.8 Å². The van der Waals surface area contributed by atoms with Crippen molar-refractivity contribution in [1.29, 1.82) is 5.26 Å². The lowest BCUT2D eigenvalue weighted by atomic mass is 9.70. The van der Waals surface area contributed by atoms with Crippen molar-refractivity contribution in [3.05, 3.63) is 33.8 Å². The molecule has 0 radical (unpaired) electrons. The molecule has 1 aliphatic carbocycles. The maximum atomic E-state index is 9.15. The van der Waals surface area contributed by atoms with Gasteiger partial charge in [-0.25, -0.2) is 0 Å². The molecule has 0 heterocycles. The van der Waals surface area contributed by atoms with Crippen molar-refractivity contribution in [2.75, 3.05) is 0 Å². The molecule has 0 bridgehead atoms. The summed E-state index contributed by atoms with van der Waals surface area (Å²) >= 11 is 12.1. The molecule has 2 rings (SSSR count). The van der Waals surface area contributed by atoms with Crippen LogP contribution in [-0.4, -0.2) is 0 Å². The third kappa shape index (κ3) is 2.82. The van der Waals surface area contributed by atoms with E-state index in [0.29, 0.717) is 21.9 Å². The minimum atomic E-state index is 0.102. The van der Waals surface area contributed by atoms with E-state index in [1.54, 1.807) is 0 Å². The number of nitrogens with zero attached hydrogens (tertiary/aromatic N) is 1. The standard InChI is InChI=1S/C15H17Cl2N/c1-10(9-18)12-4-2-3-5-13(12)11-6-7-14(16)15(17)8-11/h6-8,10,12-13H,2-5H2,1H3. The number of nitriles is 1. The van der Waals surface area contributed by atoms with Crippen LogP contribution in [0.3, 0.4) is 0 Å². The van der Waals surface area contributed by atoms with Crippen molar-refractivity contribution >= 4 is 23.2 Å². The minimum absolute atomic E-state index is 0.102. The SMILES string of the molecule is CC(C#N)C1CCCCC1c1ccc(Cl)c(Cl)c1. The van der Waals surface area contributed by atoms with E-state index < -0.39 is 0 Å². The van der Waals surface area contributed by atoms with Crippen LogP contribution < -0.4 is 0 Å². The van der Waals surface area contributed by atoms with Crippen molar-refractivity contribution in [3.8, 4) is 6.07 Å². The van der Waals surface area contributed by atoms with Gasteiger partial charge in [0.25, 0.3) is 0 Å². The van der Waals surface area contributed by atoms with Gasteiger partial charge in [0.05, 0.1) is 16.1 Å². The Morgan fingerprint density at radius 2 is 1.94 bits per heavy atom. The maximum Gasteiger partial charge on any atom is 0.0656 e. The van der Waals surface area contributed by atoms with Gasteiger partial charge in [-0.05, 0) is 49.3 Å². The van der Waals surface area contributed by atoms with Gasteiger partial charge in [-0.15, -0.1) is 0 Å². The Kier molecular flexibility index (Phi) is 4.54. The number of benzene rings is 1. The van der Waals surface area contributed by atoms with Gasteiger partial charge in [-0.1, -0.05) is 42.1 Å². The van der Waals surface area contributed by atoms with Crippen LogP contribution in [0.2, 0.25) is 10.0 Å². The van der Waals surface area contributed by atoms with Gasteiger partial charge in [-0.3, -0.25) is 0 Å². The number of hydrogen-bond acceptors (Lipinski definition) is 1. The predicted octanol–water partition coefficient (Wildman–Crippen LogP) is 5.43. The third-order valence-corrected chi connectivity index (χ3v) is 4.78. The fourth-order valence-electron chi connectivity index (χ4n) is 3.01. The first kappa shape index (κ1) is 13.7. The number of halogens is 2. The summed E-state index contributed by atoms with van der Waals surface area (Å²) < 4.78 is 0. The molecule has 96 valence electrons. The zero-order chi connectivity index (χ0) is 13.1. The molecular weight excluding hydrogens is 265 g/mol. The summed E-state index contributed by atoms with van der Waals surface area (Å²) in [5.74, 6) is 0.994. The van der Waals surface area contributed by atoms with Gasteiger partial charge < -0.3 is 0 Å². The molecule has 0 amide bonds. The minimum Gasteiger partial charge on any atom is -0.198 e. The molecule has 3 heteroatoms. The summed E-state index contributed by atoms with van der Waals surface area (Å²) in [5.41, 5.74) is 1.23. The molecule has 1 saturated carbocycles. The van der Waals surface area contributed by atoms with Crippen LogP contribution in [0.5, 0.6) is 0 Å². The maximum absolute atomic E-state index is 9.15. The summed E-state index contributed by atoms with van der Waals surface area (Å²) in [7, 11) is 0. The van der Waals surface area contributed by atoms with E-state index in [1.807, 2.05) is 19.1 Å². The quantitative estimate of drug-likeness (QED) is 0.709. The second-order valence-electron chi connectivity index (χ2n) is 5.15. The Morgan fingerprint density at radius 3 is 2.61 bits per heavy atom. The van der Waals surface area contributed by atoms with Crippen LogP contribution in [0.15, 0.2) is 18.2 Å². The lowest BCUT2D eigenvalue weighted by Crippen LogP contribution is -2.23. The molecule has 0 spiro atoms.